The fraction of sp³-hybridized carbons (Fsp3) is 1.00. The van der Waals surface area contributed by atoms with E-state index in [1.807, 2.05) is 0 Å². The second-order valence-electron chi connectivity index (χ2n) is 2.67. The van der Waals surface area contributed by atoms with Gasteiger partial charge in [0.15, 0.2) is 0 Å². The zero-order valence-electron chi connectivity index (χ0n) is 6.14. The summed E-state index contributed by atoms with van der Waals surface area (Å²) < 4.78 is 0. The van der Waals surface area contributed by atoms with E-state index in [2.05, 4.69) is 0 Å². The molecule has 0 bridgehead atoms. The van der Waals surface area contributed by atoms with Gasteiger partial charge in [-0.1, -0.05) is 0 Å². The molecule has 0 aromatic rings. The molecule has 1 rings (SSSR count). The third-order valence-electron chi connectivity index (χ3n) is 1.83. The van der Waals surface area contributed by atoms with Crippen LogP contribution in [-0.4, -0.2) is 32.3 Å². The second-order valence-corrected chi connectivity index (χ2v) is 5.69. The van der Waals surface area contributed by atoms with Crippen LogP contribution >= 0.6 is 69.6 Å². The molecule has 0 saturated heterocycles. The molecule has 1 fully saturated rings. The Balaban J connectivity index is 0.00000144. The minimum atomic E-state index is -0.437. The normalized spacial score (nSPS) is 51.2. The van der Waals surface area contributed by atoms with Gasteiger partial charge in [0.2, 0.25) is 0 Å². The Hall–Kier alpha value is 2.43. The molecule has 0 radical (unpaired) electrons. The van der Waals surface area contributed by atoms with E-state index in [1.54, 1.807) is 0 Å². The molecule has 0 aliphatic heterocycles. The monoisotopic (exact) mass is 472 g/mol. The van der Waals surface area contributed by atoms with Crippen LogP contribution in [0.4, 0.5) is 0 Å². The van der Waals surface area contributed by atoms with E-state index in [0.29, 0.717) is 0 Å². The molecule has 0 aromatic heterocycles. The molecule has 1 saturated carbocycles. The summed E-state index contributed by atoms with van der Waals surface area (Å²) in [6, 6.07) is 0. The predicted molar refractivity (Wildman–Crippen MR) is 57.8 cm³/mol. The maximum Gasteiger partial charge on any atom is 0.0693 e. The van der Waals surface area contributed by atoms with Crippen molar-refractivity contribution in [1.29, 1.82) is 0 Å². The number of hydrogen-bond acceptors (Lipinski definition) is 0. The van der Waals surface area contributed by atoms with E-state index in [1.165, 1.54) is 0 Å². The van der Waals surface area contributed by atoms with Gasteiger partial charge in [0.25, 0.3) is 0 Å². The van der Waals surface area contributed by atoms with Crippen molar-refractivity contribution >= 4 is 69.6 Å². The molecule has 0 N–H and O–H groups in total. The van der Waals surface area contributed by atoms with Crippen LogP contribution in [0.25, 0.3) is 0 Å². The maximum absolute atomic E-state index is 5.88. The molecular formula is C6H6Cl6W. The van der Waals surface area contributed by atoms with Crippen LogP contribution in [0, 0.1) is 0 Å². The van der Waals surface area contributed by atoms with Gasteiger partial charge in [-0.05, 0) is 0 Å². The first-order chi connectivity index (χ1) is 5.46. The van der Waals surface area contributed by atoms with E-state index in [4.69, 9.17) is 69.6 Å². The number of halogens is 6. The van der Waals surface area contributed by atoms with Crippen molar-refractivity contribution in [1.82, 2.24) is 0 Å². The van der Waals surface area contributed by atoms with Crippen molar-refractivity contribution in [2.45, 2.75) is 32.3 Å². The molecule has 0 unspecified atom stereocenters. The van der Waals surface area contributed by atoms with E-state index in [0.717, 1.165) is 0 Å². The van der Waals surface area contributed by atoms with Gasteiger partial charge >= 0.3 is 0 Å². The molecule has 0 aromatic carbocycles. The predicted octanol–water partition coefficient (Wildman–Crippen LogP) is 3.64. The second kappa shape index (κ2) is 6.23. The van der Waals surface area contributed by atoms with Crippen LogP contribution in [0.2, 0.25) is 0 Å². The van der Waals surface area contributed by atoms with Gasteiger partial charge in [0, 0.05) is 21.1 Å². The van der Waals surface area contributed by atoms with Crippen LogP contribution < -0.4 is 0 Å². The number of hydrogen-bond donors (Lipinski definition) is 0. The molecule has 1 aliphatic rings. The van der Waals surface area contributed by atoms with Gasteiger partial charge in [0.1, 0.15) is 0 Å². The summed E-state index contributed by atoms with van der Waals surface area (Å²) in [5, 5.41) is -2.62. The largest absolute Gasteiger partial charge is 0.120 e. The van der Waals surface area contributed by atoms with Gasteiger partial charge in [0.05, 0.1) is 32.3 Å². The summed E-state index contributed by atoms with van der Waals surface area (Å²) >= 11 is 35.3. The topological polar surface area (TPSA) is 0 Å². The Morgan fingerprint density at radius 3 is 0.538 bits per heavy atom. The van der Waals surface area contributed by atoms with E-state index in [-0.39, 0.29) is 21.1 Å². The molecule has 0 spiro atoms. The SMILES string of the molecule is ClC1C(Cl)C(Cl)C(Cl)C(Cl)C1Cl.[W]. The Morgan fingerprint density at radius 2 is 0.462 bits per heavy atom. The average molecular weight is 475 g/mol. The molecular weight excluding hydrogens is 469 g/mol. The zero-order valence-corrected chi connectivity index (χ0v) is 13.6. The van der Waals surface area contributed by atoms with Crippen LogP contribution in [0.15, 0.2) is 0 Å². The summed E-state index contributed by atoms with van der Waals surface area (Å²) in [6.45, 7) is 0. The van der Waals surface area contributed by atoms with Gasteiger partial charge in [-0.15, -0.1) is 69.6 Å². The number of alkyl halides is 6. The Labute approximate surface area is 122 Å². The molecule has 0 heterocycles. The molecule has 0 atom stereocenters. The van der Waals surface area contributed by atoms with Crippen molar-refractivity contribution in [3.05, 3.63) is 0 Å². The fourth-order valence-electron chi connectivity index (χ4n) is 1.05. The smallest absolute Gasteiger partial charge is 0.0693 e. The molecule has 78 valence electrons. The maximum atomic E-state index is 5.88. The van der Waals surface area contributed by atoms with Crippen LogP contribution in [-0.2, 0) is 21.1 Å². The Morgan fingerprint density at radius 1 is 0.385 bits per heavy atom. The third kappa shape index (κ3) is 3.19. The summed E-state index contributed by atoms with van der Waals surface area (Å²) in [6.07, 6.45) is 0. The summed E-state index contributed by atoms with van der Waals surface area (Å²) in [4.78, 5) is 0. The quantitative estimate of drug-likeness (QED) is 0.471. The standard InChI is InChI=1S/C6H6Cl6.W/c7-1-2(8)4(10)6(12)5(11)3(1)9;/h1-6H;. The van der Waals surface area contributed by atoms with Gasteiger partial charge < -0.3 is 0 Å². The minimum absolute atomic E-state index is 0. The fourth-order valence-corrected chi connectivity index (χ4v) is 3.38. The van der Waals surface area contributed by atoms with Crippen molar-refractivity contribution in [3.8, 4) is 0 Å². The van der Waals surface area contributed by atoms with E-state index >= 15 is 0 Å². The van der Waals surface area contributed by atoms with Crippen molar-refractivity contribution in [2.75, 3.05) is 0 Å². The minimum Gasteiger partial charge on any atom is -0.120 e. The van der Waals surface area contributed by atoms with Gasteiger partial charge in [-0.25, -0.2) is 0 Å². The molecule has 1 aliphatic carbocycles. The first-order valence-electron chi connectivity index (χ1n) is 3.31. The van der Waals surface area contributed by atoms with E-state index in [9.17, 15) is 0 Å². The van der Waals surface area contributed by atoms with Crippen LogP contribution in [0.3, 0.4) is 0 Å². The van der Waals surface area contributed by atoms with Crippen molar-refractivity contribution in [3.63, 3.8) is 0 Å². The average Bonchev–Trinajstić information content (AvgIpc) is 2.08. The zero-order chi connectivity index (χ0) is 9.46. The van der Waals surface area contributed by atoms with Gasteiger partial charge in [-0.2, -0.15) is 0 Å². The first kappa shape index (κ1) is 15.4. The Bertz CT molecular complexity index is 109. The molecule has 0 nitrogen and oxygen atoms in total. The molecule has 7 heteroatoms. The van der Waals surface area contributed by atoms with Crippen LogP contribution in [0.1, 0.15) is 0 Å². The molecule has 13 heavy (non-hydrogen) atoms. The van der Waals surface area contributed by atoms with E-state index < -0.39 is 32.3 Å². The van der Waals surface area contributed by atoms with Gasteiger partial charge in [-0.3, -0.25) is 0 Å². The number of rotatable bonds is 0. The van der Waals surface area contributed by atoms with Crippen molar-refractivity contribution < 1.29 is 21.1 Å². The summed E-state index contributed by atoms with van der Waals surface area (Å²) in [7, 11) is 0. The summed E-state index contributed by atoms with van der Waals surface area (Å²) in [5.74, 6) is 0. The Kier molecular flexibility index (Phi) is 7.40. The van der Waals surface area contributed by atoms with Crippen molar-refractivity contribution in [2.24, 2.45) is 0 Å². The first-order valence-corrected chi connectivity index (χ1v) is 5.93. The summed E-state index contributed by atoms with van der Waals surface area (Å²) in [5.41, 5.74) is 0. The van der Waals surface area contributed by atoms with Crippen LogP contribution in [0.5, 0.6) is 0 Å². The third-order valence-corrected chi connectivity index (χ3v) is 5.86. The molecule has 0 amide bonds.